The van der Waals surface area contributed by atoms with Crippen molar-refractivity contribution >= 4 is 29.0 Å². The quantitative estimate of drug-likeness (QED) is 0.767. The smallest absolute Gasteiger partial charge is 0.195 e. The Morgan fingerprint density at radius 3 is 2.81 bits per heavy atom. The molecule has 1 atom stereocenters. The van der Waals surface area contributed by atoms with Crippen molar-refractivity contribution < 1.29 is 14.3 Å². The van der Waals surface area contributed by atoms with Gasteiger partial charge in [0.25, 0.3) is 0 Å². The Bertz CT molecular complexity index is 400. The van der Waals surface area contributed by atoms with Crippen LogP contribution >= 0.6 is 23.2 Å². The summed E-state index contributed by atoms with van der Waals surface area (Å²) in [7, 11) is 0. The van der Waals surface area contributed by atoms with Gasteiger partial charge in [0.05, 0.1) is 29.9 Å². The summed E-state index contributed by atoms with van der Waals surface area (Å²) in [6, 6.07) is 4.96. The van der Waals surface area contributed by atoms with Crippen molar-refractivity contribution in [2.45, 2.75) is 6.10 Å². The van der Waals surface area contributed by atoms with Crippen molar-refractivity contribution in [1.82, 2.24) is 0 Å². The summed E-state index contributed by atoms with van der Waals surface area (Å²) in [6.45, 7) is 1.21. The van der Waals surface area contributed by atoms with Crippen LogP contribution in [0.3, 0.4) is 0 Å². The van der Waals surface area contributed by atoms with Crippen molar-refractivity contribution in [1.29, 1.82) is 0 Å². The number of ether oxygens (including phenoxy) is 2. The SMILES string of the molecule is O=C(c1cccc(Cl)c1Cl)C1COCCO1. The number of rotatable bonds is 2. The van der Waals surface area contributed by atoms with Crippen LogP contribution in [0.2, 0.25) is 10.0 Å². The monoisotopic (exact) mass is 260 g/mol. The van der Waals surface area contributed by atoms with Gasteiger partial charge in [-0.2, -0.15) is 0 Å². The van der Waals surface area contributed by atoms with E-state index in [1.807, 2.05) is 0 Å². The number of hydrogen-bond donors (Lipinski definition) is 0. The molecule has 0 spiro atoms. The van der Waals surface area contributed by atoms with E-state index in [1.165, 1.54) is 0 Å². The second-order valence-corrected chi connectivity index (χ2v) is 4.19. The van der Waals surface area contributed by atoms with Gasteiger partial charge in [-0.05, 0) is 12.1 Å². The number of benzene rings is 1. The minimum atomic E-state index is -0.579. The Morgan fingerprint density at radius 1 is 1.31 bits per heavy atom. The molecule has 1 aliphatic heterocycles. The fraction of sp³-hybridized carbons (Fsp3) is 0.364. The lowest BCUT2D eigenvalue weighted by Gasteiger charge is -2.22. The van der Waals surface area contributed by atoms with Crippen molar-refractivity contribution in [3.63, 3.8) is 0 Å². The molecule has 2 rings (SSSR count). The second kappa shape index (κ2) is 5.15. The zero-order chi connectivity index (χ0) is 11.5. The van der Waals surface area contributed by atoms with Crippen molar-refractivity contribution in [3.8, 4) is 0 Å². The van der Waals surface area contributed by atoms with E-state index in [0.29, 0.717) is 23.8 Å². The molecule has 0 saturated carbocycles. The molecule has 0 aromatic heterocycles. The zero-order valence-electron chi connectivity index (χ0n) is 8.41. The van der Waals surface area contributed by atoms with E-state index in [2.05, 4.69) is 0 Å². The molecule has 0 amide bonds. The highest BCUT2D eigenvalue weighted by molar-refractivity contribution is 6.44. The van der Waals surface area contributed by atoms with Crippen LogP contribution in [0, 0.1) is 0 Å². The van der Waals surface area contributed by atoms with E-state index >= 15 is 0 Å². The summed E-state index contributed by atoms with van der Waals surface area (Å²) < 4.78 is 10.5. The normalized spacial score (nSPS) is 20.8. The van der Waals surface area contributed by atoms with Crippen LogP contribution in [0.5, 0.6) is 0 Å². The minimum absolute atomic E-state index is 0.188. The molecule has 1 aromatic carbocycles. The van der Waals surface area contributed by atoms with Crippen molar-refractivity contribution in [2.24, 2.45) is 0 Å². The minimum Gasteiger partial charge on any atom is -0.376 e. The molecule has 0 radical (unpaired) electrons. The summed E-state index contributed by atoms with van der Waals surface area (Å²) in [5, 5.41) is 0.632. The van der Waals surface area contributed by atoms with Gasteiger partial charge in [0.15, 0.2) is 5.78 Å². The number of ketones is 1. The van der Waals surface area contributed by atoms with E-state index in [-0.39, 0.29) is 17.4 Å². The van der Waals surface area contributed by atoms with Gasteiger partial charge in [-0.25, -0.2) is 0 Å². The van der Waals surface area contributed by atoms with Gasteiger partial charge >= 0.3 is 0 Å². The fourth-order valence-corrected chi connectivity index (χ4v) is 1.90. The van der Waals surface area contributed by atoms with Crippen molar-refractivity contribution in [3.05, 3.63) is 33.8 Å². The van der Waals surface area contributed by atoms with Crippen molar-refractivity contribution in [2.75, 3.05) is 19.8 Å². The predicted octanol–water partition coefficient (Wildman–Crippen LogP) is 2.59. The lowest BCUT2D eigenvalue weighted by atomic mass is 10.1. The third-order valence-electron chi connectivity index (χ3n) is 2.33. The maximum Gasteiger partial charge on any atom is 0.195 e. The molecule has 86 valence electrons. The first-order valence-corrected chi connectivity index (χ1v) is 5.63. The molecule has 1 saturated heterocycles. The summed E-state index contributed by atoms with van der Waals surface area (Å²) in [5.41, 5.74) is 0.379. The molecule has 3 nitrogen and oxygen atoms in total. The largest absolute Gasteiger partial charge is 0.376 e. The van der Waals surface area contributed by atoms with Gasteiger partial charge < -0.3 is 9.47 Å². The summed E-state index contributed by atoms with van der Waals surface area (Å²) >= 11 is 11.8. The molecular formula is C11H10Cl2O3. The van der Waals surface area contributed by atoms with Crippen LogP contribution < -0.4 is 0 Å². The first-order valence-electron chi connectivity index (χ1n) is 4.87. The molecule has 5 heteroatoms. The predicted molar refractivity (Wildman–Crippen MR) is 61.4 cm³/mol. The molecule has 1 aromatic rings. The Morgan fingerprint density at radius 2 is 2.12 bits per heavy atom. The van der Waals surface area contributed by atoms with E-state index < -0.39 is 6.10 Å². The highest BCUT2D eigenvalue weighted by atomic mass is 35.5. The van der Waals surface area contributed by atoms with E-state index in [9.17, 15) is 4.79 Å². The van der Waals surface area contributed by atoms with Crippen LogP contribution in [0.15, 0.2) is 18.2 Å². The Balaban J connectivity index is 2.22. The first kappa shape index (κ1) is 11.9. The highest BCUT2D eigenvalue weighted by Gasteiger charge is 2.25. The van der Waals surface area contributed by atoms with Gasteiger partial charge in [0, 0.05) is 5.56 Å². The maximum atomic E-state index is 12.0. The standard InChI is InChI=1S/C11H10Cl2O3/c12-8-3-1-2-7(10(8)13)11(14)9-6-15-4-5-16-9/h1-3,9H,4-6H2. The molecule has 1 unspecified atom stereocenters. The summed E-state index contributed by atoms with van der Waals surface area (Å²) in [4.78, 5) is 12.0. The molecule has 1 heterocycles. The number of hydrogen-bond acceptors (Lipinski definition) is 3. The third-order valence-corrected chi connectivity index (χ3v) is 3.14. The van der Waals surface area contributed by atoms with Gasteiger partial charge in [0.2, 0.25) is 0 Å². The molecule has 1 fully saturated rings. The zero-order valence-corrected chi connectivity index (χ0v) is 9.92. The third kappa shape index (κ3) is 2.38. The lowest BCUT2D eigenvalue weighted by molar-refractivity contribution is -0.0719. The Kier molecular flexibility index (Phi) is 3.82. The van der Waals surface area contributed by atoms with E-state index in [1.54, 1.807) is 18.2 Å². The highest BCUT2D eigenvalue weighted by Crippen LogP contribution is 2.27. The average molecular weight is 261 g/mol. The van der Waals surface area contributed by atoms with E-state index in [0.717, 1.165) is 0 Å². The summed E-state index contributed by atoms with van der Waals surface area (Å²) in [5.74, 6) is -0.188. The van der Waals surface area contributed by atoms with Crippen LogP contribution in [-0.4, -0.2) is 31.7 Å². The fourth-order valence-electron chi connectivity index (χ4n) is 1.51. The average Bonchev–Trinajstić information content (AvgIpc) is 2.33. The van der Waals surface area contributed by atoms with E-state index in [4.69, 9.17) is 32.7 Å². The molecule has 0 aliphatic carbocycles. The molecule has 16 heavy (non-hydrogen) atoms. The maximum absolute atomic E-state index is 12.0. The van der Waals surface area contributed by atoms with Gasteiger partial charge in [-0.1, -0.05) is 29.3 Å². The number of carbonyl (C=O) groups excluding carboxylic acids is 1. The second-order valence-electron chi connectivity index (χ2n) is 3.40. The number of carbonyl (C=O) groups is 1. The van der Waals surface area contributed by atoms with Crippen LogP contribution in [-0.2, 0) is 9.47 Å². The van der Waals surface area contributed by atoms with Crippen LogP contribution in [0.25, 0.3) is 0 Å². The Labute approximate surface area is 103 Å². The summed E-state index contributed by atoms with van der Waals surface area (Å²) in [6.07, 6.45) is -0.579. The number of halogens is 2. The Hall–Kier alpha value is -0.610. The van der Waals surface area contributed by atoms with Crippen LogP contribution in [0.4, 0.5) is 0 Å². The van der Waals surface area contributed by atoms with Gasteiger partial charge in [-0.3, -0.25) is 4.79 Å². The van der Waals surface area contributed by atoms with Gasteiger partial charge in [-0.15, -0.1) is 0 Å². The van der Waals surface area contributed by atoms with Crippen LogP contribution in [0.1, 0.15) is 10.4 Å². The molecular weight excluding hydrogens is 251 g/mol. The molecule has 0 N–H and O–H groups in total. The topological polar surface area (TPSA) is 35.5 Å². The lowest BCUT2D eigenvalue weighted by Crippen LogP contribution is -2.35. The molecule has 1 aliphatic rings. The first-order chi connectivity index (χ1) is 7.70. The van der Waals surface area contributed by atoms with Gasteiger partial charge in [0.1, 0.15) is 6.10 Å². The molecule has 0 bridgehead atoms. The number of Topliss-reactive ketones (excluding diaryl/α,β-unsaturated/α-hetero) is 1.